The van der Waals surface area contributed by atoms with Crippen molar-refractivity contribution in [2.45, 2.75) is 17.0 Å². The molecule has 0 saturated heterocycles. The summed E-state index contributed by atoms with van der Waals surface area (Å²) in [6.07, 6.45) is 0. The quantitative estimate of drug-likeness (QED) is 0.445. The molecule has 3 heteroatoms. The summed E-state index contributed by atoms with van der Waals surface area (Å²) >= 11 is 0.591. The van der Waals surface area contributed by atoms with E-state index in [2.05, 4.69) is 0 Å². The first-order chi connectivity index (χ1) is 6.00. The topological polar surface area (TPSA) is 26.3 Å². The van der Waals surface area contributed by atoms with E-state index in [1.807, 2.05) is 32.0 Å². The molecule has 0 heterocycles. The predicted octanol–water partition coefficient (Wildman–Crippen LogP) is 1.42. The molecule has 0 aliphatic heterocycles. The van der Waals surface area contributed by atoms with E-state index in [1.165, 1.54) is 0 Å². The van der Waals surface area contributed by atoms with Gasteiger partial charge in [0, 0.05) is 0 Å². The second-order valence-electron chi connectivity index (χ2n) is 3.42. The van der Waals surface area contributed by atoms with Gasteiger partial charge in [0.2, 0.25) is 0 Å². The van der Waals surface area contributed by atoms with Gasteiger partial charge in [-0.1, -0.05) is 0 Å². The molecule has 2 nitrogen and oxygen atoms in total. The molecule has 0 N–H and O–H groups in total. The van der Waals surface area contributed by atoms with Gasteiger partial charge in [0.05, 0.1) is 0 Å². The Morgan fingerprint density at radius 3 is 2.31 bits per heavy atom. The fraction of sp³-hybridized carbons (Fsp3) is 0.300. The van der Waals surface area contributed by atoms with Gasteiger partial charge in [0.25, 0.3) is 0 Å². The molecule has 0 aliphatic rings. The molecule has 0 saturated carbocycles. The Balaban J connectivity index is 2.66. The first-order valence-electron chi connectivity index (χ1n) is 4.06. The summed E-state index contributed by atoms with van der Waals surface area (Å²) < 4.78 is 4.90. The van der Waals surface area contributed by atoms with Crippen molar-refractivity contribution in [3.05, 3.63) is 30.3 Å². The number of hydrogen-bond donors (Lipinski definition) is 0. The Labute approximate surface area is 93.1 Å². The summed E-state index contributed by atoms with van der Waals surface area (Å²) in [5.74, 6) is 0.491. The molecule has 0 radical (unpaired) electrons. The average molecular weight is 374 g/mol. The fourth-order valence-electron chi connectivity index (χ4n) is 0.727. The number of benzene rings is 1. The molecule has 0 aliphatic carbocycles. The summed E-state index contributed by atoms with van der Waals surface area (Å²) in [7, 11) is 0. The maximum atomic E-state index is 11.5. The molecular weight excluding hydrogens is 361 g/mol. The monoisotopic (exact) mass is 374 g/mol. The Morgan fingerprint density at radius 2 is 1.85 bits per heavy atom. The van der Waals surface area contributed by atoms with Gasteiger partial charge >= 0.3 is 93.3 Å². The van der Waals surface area contributed by atoms with Crippen LogP contribution in [0.4, 0.5) is 0 Å². The molecular formula is C10H13BiO2. The van der Waals surface area contributed by atoms with E-state index in [4.69, 9.17) is 4.74 Å². The zero-order valence-corrected chi connectivity index (χ0v) is 12.3. The number of esters is 1. The molecule has 0 unspecified atom stereocenters. The van der Waals surface area contributed by atoms with Crippen LogP contribution >= 0.6 is 0 Å². The van der Waals surface area contributed by atoms with E-state index < -0.39 is 0 Å². The summed E-state index contributed by atoms with van der Waals surface area (Å²) in [5.41, 5.74) is 0. The number of carbonyl (C=O) groups is 1. The molecule has 0 aromatic heterocycles. The third-order valence-electron chi connectivity index (χ3n) is 1.48. The molecule has 0 bridgehead atoms. The number of para-hydroxylation sites is 1. The van der Waals surface area contributed by atoms with Gasteiger partial charge in [-0.05, 0) is 0 Å². The van der Waals surface area contributed by atoms with Crippen molar-refractivity contribution < 1.29 is 9.53 Å². The van der Waals surface area contributed by atoms with Gasteiger partial charge in [-0.3, -0.25) is 0 Å². The van der Waals surface area contributed by atoms with Crippen molar-refractivity contribution in [3.63, 3.8) is 0 Å². The van der Waals surface area contributed by atoms with Crippen molar-refractivity contribution in [1.82, 2.24) is 0 Å². The van der Waals surface area contributed by atoms with E-state index in [0.717, 1.165) is 0 Å². The van der Waals surface area contributed by atoms with Crippen molar-refractivity contribution in [2.75, 3.05) is 0 Å². The summed E-state index contributed by atoms with van der Waals surface area (Å²) in [5, 5.41) is 0. The number of hydrogen-bond acceptors (Lipinski definition) is 2. The molecule has 0 spiro atoms. The normalized spacial score (nSPS) is 11.0. The van der Waals surface area contributed by atoms with Crippen molar-refractivity contribution in [3.8, 4) is 5.75 Å². The van der Waals surface area contributed by atoms with Crippen LogP contribution in [0.15, 0.2) is 30.3 Å². The average Bonchev–Trinajstić information content (AvgIpc) is 2.04. The van der Waals surface area contributed by atoms with E-state index in [-0.39, 0.29) is 9.09 Å². The van der Waals surface area contributed by atoms with Gasteiger partial charge in [0.15, 0.2) is 0 Å². The second kappa shape index (κ2) is 4.19. The molecule has 13 heavy (non-hydrogen) atoms. The molecule has 1 aromatic carbocycles. The van der Waals surface area contributed by atoms with Crippen LogP contribution in [0.3, 0.4) is 0 Å². The Hall–Kier alpha value is -0.427. The third-order valence-corrected chi connectivity index (χ3v) is 2.40. The van der Waals surface area contributed by atoms with Crippen LogP contribution in [0, 0.1) is 0 Å². The standard InChI is InChI=1S/C10H11O2.Bi.2H/c1-8(2)10(11)12-9-6-4-3-5-7-9;;;/h3-7H,1-2H3;;;. The first-order valence-corrected chi connectivity index (χ1v) is 6.31. The van der Waals surface area contributed by atoms with E-state index >= 15 is 0 Å². The predicted molar refractivity (Wildman–Crippen MR) is 54.7 cm³/mol. The van der Waals surface area contributed by atoms with Crippen molar-refractivity contribution >= 4 is 30.7 Å². The SMILES string of the molecule is C[C](C)([BiH2])C(=O)Oc1ccccc1. The minimum atomic E-state index is -0.282. The van der Waals surface area contributed by atoms with Crippen LogP contribution < -0.4 is 4.74 Å². The first kappa shape index (κ1) is 10.7. The van der Waals surface area contributed by atoms with Gasteiger partial charge in [-0.2, -0.15) is 0 Å². The minimum absolute atomic E-state index is 0.135. The van der Waals surface area contributed by atoms with Gasteiger partial charge < -0.3 is 0 Å². The zero-order valence-electron chi connectivity index (χ0n) is 7.78. The second-order valence-corrected chi connectivity index (χ2v) is 9.04. The maximum absolute atomic E-state index is 11.5. The van der Waals surface area contributed by atoms with Gasteiger partial charge in [-0.25, -0.2) is 0 Å². The molecule has 0 fully saturated rings. The number of rotatable bonds is 2. The Morgan fingerprint density at radius 1 is 1.31 bits per heavy atom. The van der Waals surface area contributed by atoms with Crippen LogP contribution in [0.2, 0.25) is 3.12 Å². The van der Waals surface area contributed by atoms with Crippen molar-refractivity contribution in [2.24, 2.45) is 0 Å². The van der Waals surface area contributed by atoms with Gasteiger partial charge in [-0.15, -0.1) is 0 Å². The Kier molecular flexibility index (Phi) is 3.43. The summed E-state index contributed by atoms with van der Waals surface area (Å²) in [4.78, 5) is 11.5. The third kappa shape index (κ3) is 3.43. The molecule has 0 atom stereocenters. The van der Waals surface area contributed by atoms with E-state index in [0.29, 0.717) is 30.5 Å². The summed E-state index contributed by atoms with van der Waals surface area (Å²) in [6, 6.07) is 9.17. The van der Waals surface area contributed by atoms with E-state index in [9.17, 15) is 4.79 Å². The molecule has 0 amide bonds. The molecule has 1 aromatic rings. The number of ether oxygens (including phenoxy) is 1. The van der Waals surface area contributed by atoms with E-state index in [1.54, 1.807) is 12.1 Å². The summed E-state index contributed by atoms with van der Waals surface area (Å²) in [6.45, 7) is 3.81. The zero-order chi connectivity index (χ0) is 9.90. The van der Waals surface area contributed by atoms with Crippen molar-refractivity contribution in [1.29, 1.82) is 0 Å². The fourth-order valence-corrected chi connectivity index (χ4v) is 0.956. The van der Waals surface area contributed by atoms with Gasteiger partial charge in [0.1, 0.15) is 0 Å². The van der Waals surface area contributed by atoms with Crippen LogP contribution in [0.5, 0.6) is 5.75 Å². The van der Waals surface area contributed by atoms with Crippen LogP contribution in [-0.4, -0.2) is 30.7 Å². The number of carbonyl (C=O) groups excluding carboxylic acids is 1. The van der Waals surface area contributed by atoms with Crippen LogP contribution in [-0.2, 0) is 4.79 Å². The van der Waals surface area contributed by atoms with Crippen LogP contribution in [0.25, 0.3) is 0 Å². The van der Waals surface area contributed by atoms with Crippen LogP contribution in [0.1, 0.15) is 13.8 Å². The molecule has 1 rings (SSSR count). The molecule has 70 valence electrons. The Bertz CT molecular complexity index is 288.